The molecule has 1 aliphatic rings. The van der Waals surface area contributed by atoms with E-state index in [1.165, 1.54) is 12.1 Å². The minimum atomic E-state index is -3.94. The van der Waals surface area contributed by atoms with Gasteiger partial charge in [0.15, 0.2) is 0 Å². The topological polar surface area (TPSA) is 66.4 Å². The van der Waals surface area contributed by atoms with Gasteiger partial charge in [0.2, 0.25) is 10.0 Å². The number of aliphatic hydroxyl groups is 1. The molecule has 0 spiro atoms. The fourth-order valence-corrected chi connectivity index (χ4v) is 4.40. The normalized spacial score (nSPS) is 17.0. The fourth-order valence-electron chi connectivity index (χ4n) is 2.27. The Hall–Kier alpha value is -0.500. The van der Waals surface area contributed by atoms with Crippen LogP contribution in [0.2, 0.25) is 0 Å². The van der Waals surface area contributed by atoms with Crippen molar-refractivity contribution in [1.29, 1.82) is 0 Å². The van der Waals surface area contributed by atoms with E-state index in [9.17, 15) is 12.8 Å². The molecule has 1 fully saturated rings. The van der Waals surface area contributed by atoms with Crippen LogP contribution in [0.15, 0.2) is 21.5 Å². The van der Waals surface area contributed by atoms with Crippen molar-refractivity contribution in [1.82, 2.24) is 4.72 Å². The van der Waals surface area contributed by atoms with E-state index in [2.05, 4.69) is 20.7 Å². The molecular weight excluding hydrogens is 361 g/mol. The number of hydrogen-bond acceptors (Lipinski definition) is 3. The van der Waals surface area contributed by atoms with E-state index in [4.69, 9.17) is 5.11 Å². The summed E-state index contributed by atoms with van der Waals surface area (Å²) in [7, 11) is -3.94. The Kier molecular flexibility index (Phi) is 5.40. The number of nitrogens with one attached hydrogen (secondary N) is 1. The predicted molar refractivity (Wildman–Crippen MR) is 81.8 cm³/mol. The Labute approximate surface area is 132 Å². The summed E-state index contributed by atoms with van der Waals surface area (Å²) >= 11 is 3.14. The van der Waals surface area contributed by atoms with Crippen molar-refractivity contribution in [2.24, 2.45) is 5.92 Å². The molecule has 1 aromatic carbocycles. The fraction of sp³-hybridized carbons (Fsp3) is 0.571. The monoisotopic (exact) mass is 379 g/mol. The van der Waals surface area contributed by atoms with Gasteiger partial charge in [0.25, 0.3) is 0 Å². The first-order valence-corrected chi connectivity index (χ1v) is 9.26. The van der Waals surface area contributed by atoms with Gasteiger partial charge in [-0.2, -0.15) is 0 Å². The summed E-state index contributed by atoms with van der Waals surface area (Å²) < 4.78 is 42.0. The quantitative estimate of drug-likeness (QED) is 0.765. The second-order valence-corrected chi connectivity index (χ2v) is 8.04. The lowest BCUT2D eigenvalue weighted by Crippen LogP contribution is -2.35. The summed E-state index contributed by atoms with van der Waals surface area (Å²) in [5.41, 5.74) is -0.0417. The highest BCUT2D eigenvalue weighted by Gasteiger charge is 2.29. The van der Waals surface area contributed by atoms with E-state index in [0.29, 0.717) is 16.8 Å². The molecule has 118 valence electrons. The zero-order valence-corrected chi connectivity index (χ0v) is 14.2. The van der Waals surface area contributed by atoms with Crippen molar-refractivity contribution in [2.45, 2.75) is 50.2 Å². The number of hydrogen-bond donors (Lipinski definition) is 2. The van der Waals surface area contributed by atoms with Crippen molar-refractivity contribution in [3.05, 3.63) is 28.0 Å². The summed E-state index contributed by atoms with van der Waals surface area (Å²) in [6.07, 6.45) is 3.73. The van der Waals surface area contributed by atoms with Gasteiger partial charge in [0.1, 0.15) is 10.7 Å². The minimum absolute atomic E-state index is 0.0417. The summed E-state index contributed by atoms with van der Waals surface area (Å²) in [4.78, 5) is -0.421. The smallest absolute Gasteiger partial charge is 0.243 e. The Morgan fingerprint density at radius 3 is 2.67 bits per heavy atom. The molecule has 0 saturated heterocycles. The van der Waals surface area contributed by atoms with E-state index >= 15 is 0 Å². The number of halogens is 2. The first-order valence-electron chi connectivity index (χ1n) is 6.98. The van der Waals surface area contributed by atoms with Crippen molar-refractivity contribution in [3.63, 3.8) is 0 Å². The zero-order valence-electron chi connectivity index (χ0n) is 11.8. The lowest BCUT2D eigenvalue weighted by Gasteiger charge is -2.18. The average molecular weight is 380 g/mol. The van der Waals surface area contributed by atoms with Gasteiger partial charge in [-0.05, 0) is 30.9 Å². The zero-order chi connectivity index (χ0) is 15.6. The average Bonchev–Trinajstić information content (AvgIpc) is 3.23. The molecule has 21 heavy (non-hydrogen) atoms. The van der Waals surface area contributed by atoms with E-state index < -0.39 is 27.3 Å². The maximum atomic E-state index is 14.2. The molecule has 7 heteroatoms. The molecule has 2 rings (SSSR count). The molecule has 0 heterocycles. The van der Waals surface area contributed by atoms with E-state index in [1.54, 1.807) is 0 Å². The van der Waals surface area contributed by atoms with Crippen molar-refractivity contribution in [3.8, 4) is 0 Å². The van der Waals surface area contributed by atoms with E-state index in [1.807, 2.05) is 6.92 Å². The summed E-state index contributed by atoms with van der Waals surface area (Å²) in [5.74, 6) is -0.313. The number of benzene rings is 1. The standard InChI is InChI=1S/C14H19BrFNO3S/c1-2-12(5-9-3-4-9)17-21(19,20)13-7-11(15)6-10(8-18)14(13)16/h6-7,9,12,17-18H,2-5,8H2,1H3. The van der Waals surface area contributed by atoms with Crippen molar-refractivity contribution >= 4 is 26.0 Å². The molecule has 1 aliphatic carbocycles. The molecule has 1 aromatic rings. The second kappa shape index (κ2) is 6.73. The van der Waals surface area contributed by atoms with Crippen LogP contribution < -0.4 is 4.72 Å². The van der Waals surface area contributed by atoms with Crippen LogP contribution in [-0.4, -0.2) is 19.6 Å². The summed E-state index contributed by atoms with van der Waals surface area (Å²) in [5, 5.41) is 9.11. The van der Waals surface area contributed by atoms with Crippen LogP contribution in [0.4, 0.5) is 4.39 Å². The molecule has 4 nitrogen and oxygen atoms in total. The van der Waals surface area contributed by atoms with Crippen molar-refractivity contribution in [2.75, 3.05) is 0 Å². The maximum Gasteiger partial charge on any atom is 0.243 e. The molecule has 2 N–H and O–H groups in total. The highest BCUT2D eigenvalue weighted by molar-refractivity contribution is 9.10. The third-order valence-electron chi connectivity index (χ3n) is 3.67. The van der Waals surface area contributed by atoms with Crippen LogP contribution in [0.3, 0.4) is 0 Å². The molecule has 0 bridgehead atoms. The van der Waals surface area contributed by atoms with Crippen LogP contribution in [0.5, 0.6) is 0 Å². The molecule has 1 saturated carbocycles. The summed E-state index contributed by atoms with van der Waals surface area (Å²) in [6, 6.07) is 2.41. The van der Waals surface area contributed by atoms with Gasteiger partial charge in [-0.1, -0.05) is 35.7 Å². The lowest BCUT2D eigenvalue weighted by molar-refractivity contribution is 0.274. The first kappa shape index (κ1) is 16.9. The number of rotatable bonds is 7. The third kappa shape index (κ3) is 4.25. The van der Waals surface area contributed by atoms with Gasteiger partial charge in [0, 0.05) is 16.1 Å². The van der Waals surface area contributed by atoms with Crippen LogP contribution in [-0.2, 0) is 16.6 Å². The van der Waals surface area contributed by atoms with Gasteiger partial charge in [0.05, 0.1) is 6.61 Å². The van der Waals surface area contributed by atoms with Crippen LogP contribution in [0.1, 0.15) is 38.2 Å². The van der Waals surface area contributed by atoms with Crippen molar-refractivity contribution < 1.29 is 17.9 Å². The van der Waals surface area contributed by atoms with Crippen LogP contribution in [0, 0.1) is 11.7 Å². The van der Waals surface area contributed by atoms with Gasteiger partial charge in [-0.25, -0.2) is 17.5 Å². The molecule has 0 aliphatic heterocycles. The molecular formula is C14H19BrFNO3S. The molecule has 1 unspecified atom stereocenters. The first-order chi connectivity index (χ1) is 9.87. The number of sulfonamides is 1. The Balaban J connectivity index is 2.27. The van der Waals surface area contributed by atoms with Crippen LogP contribution >= 0.6 is 15.9 Å². The molecule has 1 atom stereocenters. The minimum Gasteiger partial charge on any atom is -0.392 e. The highest BCUT2D eigenvalue weighted by atomic mass is 79.9. The second-order valence-electron chi connectivity index (χ2n) is 5.44. The van der Waals surface area contributed by atoms with Gasteiger partial charge in [-0.3, -0.25) is 0 Å². The SMILES string of the molecule is CCC(CC1CC1)NS(=O)(=O)c1cc(Br)cc(CO)c1F. The van der Waals surface area contributed by atoms with E-state index in [-0.39, 0.29) is 11.6 Å². The summed E-state index contributed by atoms with van der Waals surface area (Å²) in [6.45, 7) is 1.36. The molecule has 0 aromatic heterocycles. The highest BCUT2D eigenvalue weighted by Crippen LogP contribution is 2.34. The number of aliphatic hydroxyl groups excluding tert-OH is 1. The predicted octanol–water partition coefficient (Wildman–Crippen LogP) is 2.94. The van der Waals surface area contributed by atoms with Gasteiger partial charge < -0.3 is 5.11 Å². The maximum absolute atomic E-state index is 14.2. The third-order valence-corrected chi connectivity index (χ3v) is 5.65. The largest absolute Gasteiger partial charge is 0.392 e. The van der Waals surface area contributed by atoms with Gasteiger partial charge >= 0.3 is 0 Å². The Morgan fingerprint density at radius 2 is 2.14 bits per heavy atom. The Bertz CT molecular complexity index is 617. The van der Waals surface area contributed by atoms with E-state index in [0.717, 1.165) is 19.3 Å². The molecule has 0 amide bonds. The Morgan fingerprint density at radius 1 is 1.48 bits per heavy atom. The molecule has 0 radical (unpaired) electrons. The lowest BCUT2D eigenvalue weighted by atomic mass is 10.1. The van der Waals surface area contributed by atoms with Crippen LogP contribution in [0.25, 0.3) is 0 Å². The van der Waals surface area contributed by atoms with Gasteiger partial charge in [-0.15, -0.1) is 0 Å².